The molecular weight excluding hydrogens is 256 g/mol. The summed E-state index contributed by atoms with van der Waals surface area (Å²) in [6.45, 7) is 2.60. The molecule has 0 saturated carbocycles. The van der Waals surface area contributed by atoms with Gasteiger partial charge in [0.05, 0.1) is 12.2 Å². The number of hydrogen-bond donors (Lipinski definition) is 1. The molecule has 0 radical (unpaired) electrons. The van der Waals surface area contributed by atoms with Gasteiger partial charge in [-0.15, -0.1) is 11.3 Å². The van der Waals surface area contributed by atoms with Gasteiger partial charge in [-0.2, -0.15) is 0 Å². The largest absolute Gasteiger partial charge is 0.370 e. The molecule has 0 saturated heterocycles. The summed E-state index contributed by atoms with van der Waals surface area (Å²) in [6.07, 6.45) is 0. The molecule has 4 nitrogen and oxygen atoms in total. The van der Waals surface area contributed by atoms with Crippen LogP contribution >= 0.6 is 11.3 Å². The zero-order valence-corrected chi connectivity index (χ0v) is 12.2. The lowest BCUT2D eigenvalue weighted by molar-refractivity contribution is 0.609. The predicted octanol–water partition coefficient (Wildman–Crippen LogP) is 2.49. The number of benzene rings is 1. The molecule has 0 aliphatic heterocycles. The van der Waals surface area contributed by atoms with Gasteiger partial charge in [0.25, 0.3) is 0 Å². The van der Waals surface area contributed by atoms with Crippen molar-refractivity contribution in [3.8, 4) is 10.6 Å². The third kappa shape index (κ3) is 3.32. The Morgan fingerprint density at radius 2 is 2.00 bits per heavy atom. The van der Waals surface area contributed by atoms with Crippen LogP contribution in [-0.4, -0.2) is 29.9 Å². The van der Waals surface area contributed by atoms with Crippen molar-refractivity contribution in [2.75, 3.05) is 14.1 Å². The average Bonchev–Trinajstić information content (AvgIpc) is 2.78. The molecule has 100 valence electrons. The summed E-state index contributed by atoms with van der Waals surface area (Å²) in [5, 5.41) is 1.03. The van der Waals surface area contributed by atoms with Crippen molar-refractivity contribution < 1.29 is 0 Å². The van der Waals surface area contributed by atoms with E-state index in [9.17, 15) is 0 Å². The Morgan fingerprint density at radius 1 is 1.32 bits per heavy atom. The molecule has 0 aliphatic rings. The van der Waals surface area contributed by atoms with Gasteiger partial charge in [0.1, 0.15) is 5.01 Å². The first-order valence-electron chi connectivity index (χ1n) is 6.07. The van der Waals surface area contributed by atoms with Gasteiger partial charge in [0, 0.05) is 24.5 Å². The van der Waals surface area contributed by atoms with Crippen LogP contribution in [0.3, 0.4) is 0 Å². The molecule has 1 aromatic heterocycles. The number of aliphatic imine (C=N–C) groups is 1. The molecule has 2 aromatic rings. The molecule has 2 N–H and O–H groups in total. The summed E-state index contributed by atoms with van der Waals surface area (Å²) >= 11 is 1.67. The number of guanidine groups is 1. The lowest BCUT2D eigenvalue weighted by Crippen LogP contribution is -2.30. The lowest BCUT2D eigenvalue weighted by atomic mass is 10.2. The molecule has 0 bridgehead atoms. The minimum absolute atomic E-state index is 0.536. The highest BCUT2D eigenvalue weighted by molar-refractivity contribution is 7.15. The van der Waals surface area contributed by atoms with E-state index in [0.29, 0.717) is 12.5 Å². The average molecular weight is 274 g/mol. The Balaban J connectivity index is 2.21. The normalized spacial score (nSPS) is 11.6. The topological polar surface area (TPSA) is 54.5 Å². The highest BCUT2D eigenvalue weighted by atomic mass is 32.1. The maximum absolute atomic E-state index is 5.79. The third-order valence-corrected chi connectivity index (χ3v) is 3.95. The highest BCUT2D eigenvalue weighted by Crippen LogP contribution is 2.28. The number of aromatic nitrogens is 1. The third-order valence-electron chi connectivity index (χ3n) is 2.76. The summed E-state index contributed by atoms with van der Waals surface area (Å²) < 4.78 is 0. The summed E-state index contributed by atoms with van der Waals surface area (Å²) in [4.78, 5) is 11.9. The van der Waals surface area contributed by atoms with Crippen LogP contribution in [0.1, 0.15) is 10.6 Å². The van der Waals surface area contributed by atoms with Crippen molar-refractivity contribution in [1.82, 2.24) is 9.88 Å². The second-order valence-electron chi connectivity index (χ2n) is 4.46. The summed E-state index contributed by atoms with van der Waals surface area (Å²) in [5.74, 6) is 0.536. The number of rotatable bonds is 3. The monoisotopic (exact) mass is 274 g/mol. The van der Waals surface area contributed by atoms with Crippen molar-refractivity contribution in [1.29, 1.82) is 0 Å². The van der Waals surface area contributed by atoms with Crippen LogP contribution < -0.4 is 5.73 Å². The van der Waals surface area contributed by atoms with Gasteiger partial charge >= 0.3 is 0 Å². The first-order chi connectivity index (χ1) is 9.08. The second-order valence-corrected chi connectivity index (χ2v) is 5.55. The first kappa shape index (κ1) is 13.5. The Morgan fingerprint density at radius 3 is 2.63 bits per heavy atom. The van der Waals surface area contributed by atoms with Crippen LogP contribution in [0.4, 0.5) is 0 Å². The Kier molecular flexibility index (Phi) is 4.16. The maximum Gasteiger partial charge on any atom is 0.191 e. The van der Waals surface area contributed by atoms with Crippen molar-refractivity contribution in [2.45, 2.75) is 13.5 Å². The fourth-order valence-electron chi connectivity index (χ4n) is 1.57. The van der Waals surface area contributed by atoms with Crippen LogP contribution in [0.5, 0.6) is 0 Å². The molecule has 0 aliphatic carbocycles. The fourth-order valence-corrected chi connectivity index (χ4v) is 2.57. The van der Waals surface area contributed by atoms with E-state index in [1.54, 1.807) is 16.2 Å². The molecule has 19 heavy (non-hydrogen) atoms. The van der Waals surface area contributed by atoms with Crippen LogP contribution in [0.15, 0.2) is 35.3 Å². The Labute approximate surface area is 117 Å². The van der Waals surface area contributed by atoms with E-state index in [-0.39, 0.29) is 0 Å². The van der Waals surface area contributed by atoms with Crippen LogP contribution in [0.2, 0.25) is 0 Å². The molecule has 5 heteroatoms. The minimum atomic E-state index is 0.536. The molecule has 0 amide bonds. The van der Waals surface area contributed by atoms with E-state index in [0.717, 1.165) is 21.1 Å². The summed E-state index contributed by atoms with van der Waals surface area (Å²) in [5.41, 5.74) is 7.96. The number of hydrogen-bond acceptors (Lipinski definition) is 3. The van der Waals surface area contributed by atoms with Gasteiger partial charge < -0.3 is 10.6 Å². The Bertz CT molecular complexity index is 572. The van der Waals surface area contributed by atoms with E-state index in [4.69, 9.17) is 5.73 Å². The molecule has 0 unspecified atom stereocenters. The molecule has 0 spiro atoms. The van der Waals surface area contributed by atoms with Crippen LogP contribution in [-0.2, 0) is 6.54 Å². The van der Waals surface area contributed by atoms with Crippen molar-refractivity contribution in [2.24, 2.45) is 10.7 Å². The molecule has 1 aromatic carbocycles. The second kappa shape index (κ2) is 5.84. The summed E-state index contributed by atoms with van der Waals surface area (Å²) in [7, 11) is 3.77. The fraction of sp³-hybridized carbons (Fsp3) is 0.286. The predicted molar refractivity (Wildman–Crippen MR) is 81.3 cm³/mol. The zero-order valence-electron chi connectivity index (χ0n) is 11.4. The van der Waals surface area contributed by atoms with E-state index in [2.05, 4.69) is 22.1 Å². The van der Waals surface area contributed by atoms with Gasteiger partial charge in [-0.05, 0) is 6.92 Å². The van der Waals surface area contributed by atoms with Crippen molar-refractivity contribution in [3.63, 3.8) is 0 Å². The minimum Gasteiger partial charge on any atom is -0.370 e. The van der Waals surface area contributed by atoms with Crippen molar-refractivity contribution in [3.05, 3.63) is 40.9 Å². The summed E-state index contributed by atoms with van der Waals surface area (Å²) in [6, 6.07) is 10.2. The molecule has 0 fully saturated rings. The van der Waals surface area contributed by atoms with E-state index >= 15 is 0 Å². The smallest absolute Gasteiger partial charge is 0.191 e. The van der Waals surface area contributed by atoms with Crippen LogP contribution in [0, 0.1) is 6.92 Å². The van der Waals surface area contributed by atoms with Gasteiger partial charge in [0.2, 0.25) is 0 Å². The lowest BCUT2D eigenvalue weighted by Gasteiger charge is -2.09. The van der Waals surface area contributed by atoms with E-state index in [1.807, 2.05) is 39.2 Å². The SMILES string of the molecule is Cc1nc(-c2ccccc2)sc1CN=C(N)N(C)C. The van der Waals surface area contributed by atoms with Gasteiger partial charge in [-0.3, -0.25) is 0 Å². The quantitative estimate of drug-likeness (QED) is 0.691. The first-order valence-corrected chi connectivity index (χ1v) is 6.88. The molecule has 0 atom stereocenters. The Hall–Kier alpha value is -1.88. The van der Waals surface area contributed by atoms with E-state index in [1.165, 1.54) is 0 Å². The van der Waals surface area contributed by atoms with Crippen LogP contribution in [0.25, 0.3) is 10.6 Å². The van der Waals surface area contributed by atoms with Gasteiger partial charge in [0.15, 0.2) is 5.96 Å². The number of nitrogens with zero attached hydrogens (tertiary/aromatic N) is 3. The van der Waals surface area contributed by atoms with Gasteiger partial charge in [-0.1, -0.05) is 30.3 Å². The zero-order chi connectivity index (χ0) is 13.8. The molecule has 2 rings (SSSR count). The van der Waals surface area contributed by atoms with Crippen molar-refractivity contribution >= 4 is 17.3 Å². The molecular formula is C14H18N4S. The maximum atomic E-state index is 5.79. The highest BCUT2D eigenvalue weighted by Gasteiger charge is 2.08. The standard InChI is InChI=1S/C14H18N4S/c1-10-12(9-16-14(15)18(2)3)19-13(17-10)11-7-5-4-6-8-11/h4-8H,9H2,1-3H3,(H2,15,16). The molecule has 1 heterocycles. The number of aryl methyl sites for hydroxylation is 1. The number of nitrogens with two attached hydrogens (primary N) is 1. The van der Waals surface area contributed by atoms with E-state index < -0.39 is 0 Å². The van der Waals surface area contributed by atoms with Gasteiger partial charge in [-0.25, -0.2) is 9.98 Å². The number of thiazole rings is 1.